The molecule has 1 fully saturated rings. The van der Waals surface area contributed by atoms with Crippen molar-refractivity contribution in [3.05, 3.63) is 47.2 Å². The first-order chi connectivity index (χ1) is 11.8. The van der Waals surface area contributed by atoms with E-state index in [4.69, 9.17) is 9.97 Å². The third-order valence-corrected chi connectivity index (χ3v) is 4.91. The first-order valence-electron chi connectivity index (χ1n) is 8.92. The van der Waals surface area contributed by atoms with Crippen LogP contribution in [0.1, 0.15) is 29.7 Å². The molecule has 0 aliphatic carbocycles. The van der Waals surface area contributed by atoms with E-state index in [-0.39, 0.29) is 0 Å². The average Bonchev–Trinajstić information content (AvgIpc) is 3.16. The molecule has 1 N–H and O–H groups in total. The lowest BCUT2D eigenvalue weighted by molar-refractivity contribution is 0.621. The third kappa shape index (κ3) is 3.08. The van der Waals surface area contributed by atoms with Crippen molar-refractivity contribution in [2.45, 2.75) is 32.4 Å². The van der Waals surface area contributed by atoms with Gasteiger partial charge in [-0.25, -0.2) is 4.98 Å². The minimum absolute atomic E-state index is 0.831. The molecule has 4 rings (SSSR count). The van der Waals surface area contributed by atoms with Gasteiger partial charge in [-0.05, 0) is 18.4 Å². The van der Waals surface area contributed by atoms with Gasteiger partial charge in [0, 0.05) is 51.8 Å². The largest absolute Gasteiger partial charge is 0.356 e. The molecule has 0 radical (unpaired) electrons. The third-order valence-electron chi connectivity index (χ3n) is 4.91. The Bertz CT molecular complexity index is 694. The van der Waals surface area contributed by atoms with Crippen LogP contribution >= 0.6 is 0 Å². The number of fused-ring (bicyclic) bond motifs is 1. The lowest BCUT2D eigenvalue weighted by Crippen LogP contribution is -2.31. The number of anilines is 2. The maximum Gasteiger partial charge on any atom is 0.227 e. The van der Waals surface area contributed by atoms with Crippen molar-refractivity contribution < 1.29 is 0 Å². The number of hydrogen-bond acceptors (Lipinski definition) is 5. The molecule has 0 saturated carbocycles. The summed E-state index contributed by atoms with van der Waals surface area (Å²) in [5.41, 5.74) is 3.81. The Hall–Kier alpha value is -2.14. The van der Waals surface area contributed by atoms with Gasteiger partial charge in [-0.3, -0.25) is 0 Å². The summed E-state index contributed by atoms with van der Waals surface area (Å²) in [6.45, 7) is 4.96. The quantitative estimate of drug-likeness (QED) is 0.936. The van der Waals surface area contributed by atoms with Crippen molar-refractivity contribution in [3.8, 4) is 0 Å². The summed E-state index contributed by atoms with van der Waals surface area (Å²) >= 11 is 0. The molecule has 1 aromatic heterocycles. The highest BCUT2D eigenvalue weighted by molar-refractivity contribution is 5.54. The second-order valence-electron chi connectivity index (χ2n) is 6.74. The number of aromatic nitrogens is 2. The molecular weight excluding hydrogens is 298 g/mol. The van der Waals surface area contributed by atoms with E-state index >= 15 is 0 Å². The fourth-order valence-electron chi connectivity index (χ4n) is 3.60. The summed E-state index contributed by atoms with van der Waals surface area (Å²) in [6.07, 6.45) is 3.52. The minimum atomic E-state index is 0.831. The second kappa shape index (κ2) is 6.77. The molecule has 1 saturated heterocycles. The van der Waals surface area contributed by atoms with Crippen LogP contribution in [-0.2, 0) is 19.5 Å². The SMILES string of the molecule is CN(Cc1ccccc1)c1nc2c(c(N3CCCC3)n1)CNCC2. The Morgan fingerprint density at radius 3 is 2.71 bits per heavy atom. The molecule has 1 aromatic carbocycles. The maximum absolute atomic E-state index is 4.96. The van der Waals surface area contributed by atoms with E-state index in [1.807, 2.05) is 0 Å². The van der Waals surface area contributed by atoms with E-state index in [1.54, 1.807) is 0 Å². The Morgan fingerprint density at radius 2 is 1.92 bits per heavy atom. The summed E-state index contributed by atoms with van der Waals surface area (Å²) in [4.78, 5) is 14.5. The van der Waals surface area contributed by atoms with Crippen LogP contribution in [0.4, 0.5) is 11.8 Å². The van der Waals surface area contributed by atoms with Gasteiger partial charge >= 0.3 is 0 Å². The van der Waals surface area contributed by atoms with Crippen molar-refractivity contribution in [2.75, 3.05) is 36.5 Å². The van der Waals surface area contributed by atoms with Gasteiger partial charge in [0.25, 0.3) is 0 Å². The molecule has 5 heteroatoms. The first-order valence-corrected chi connectivity index (χ1v) is 8.92. The van der Waals surface area contributed by atoms with Gasteiger partial charge in [0.15, 0.2) is 0 Å². The number of nitrogens with one attached hydrogen (secondary N) is 1. The molecule has 0 unspecified atom stereocenters. The summed E-state index contributed by atoms with van der Waals surface area (Å²) < 4.78 is 0. The predicted molar refractivity (Wildman–Crippen MR) is 97.4 cm³/mol. The van der Waals surface area contributed by atoms with Crippen LogP contribution in [0.3, 0.4) is 0 Å². The Morgan fingerprint density at radius 1 is 1.12 bits per heavy atom. The smallest absolute Gasteiger partial charge is 0.227 e. The van der Waals surface area contributed by atoms with E-state index in [1.165, 1.54) is 29.7 Å². The van der Waals surface area contributed by atoms with E-state index in [0.29, 0.717) is 0 Å². The van der Waals surface area contributed by atoms with E-state index in [9.17, 15) is 0 Å². The zero-order chi connectivity index (χ0) is 16.4. The van der Waals surface area contributed by atoms with Crippen molar-refractivity contribution in [1.29, 1.82) is 0 Å². The molecule has 24 heavy (non-hydrogen) atoms. The van der Waals surface area contributed by atoms with Gasteiger partial charge in [0.2, 0.25) is 5.95 Å². The highest BCUT2D eigenvalue weighted by Gasteiger charge is 2.24. The maximum atomic E-state index is 4.96. The summed E-state index contributed by atoms with van der Waals surface area (Å²) in [5, 5.41) is 3.47. The normalized spacial score (nSPS) is 17.0. The van der Waals surface area contributed by atoms with Gasteiger partial charge in [0.05, 0.1) is 5.69 Å². The van der Waals surface area contributed by atoms with Crippen molar-refractivity contribution in [3.63, 3.8) is 0 Å². The summed E-state index contributed by atoms with van der Waals surface area (Å²) in [5.74, 6) is 2.00. The fourth-order valence-corrected chi connectivity index (χ4v) is 3.60. The Labute approximate surface area is 143 Å². The molecular formula is C19H25N5. The summed E-state index contributed by atoms with van der Waals surface area (Å²) in [6, 6.07) is 10.5. The minimum Gasteiger partial charge on any atom is -0.356 e. The van der Waals surface area contributed by atoms with Gasteiger partial charge in [-0.2, -0.15) is 4.98 Å². The second-order valence-corrected chi connectivity index (χ2v) is 6.74. The van der Waals surface area contributed by atoms with Crippen LogP contribution in [0.5, 0.6) is 0 Å². The molecule has 2 aromatic rings. The average molecular weight is 323 g/mol. The molecule has 3 heterocycles. The Kier molecular flexibility index (Phi) is 4.34. The van der Waals surface area contributed by atoms with Crippen LogP contribution in [0, 0.1) is 0 Å². The summed E-state index contributed by atoms with van der Waals surface area (Å²) in [7, 11) is 2.09. The molecule has 0 bridgehead atoms. The molecule has 0 amide bonds. The van der Waals surface area contributed by atoms with Gasteiger partial charge in [0.1, 0.15) is 5.82 Å². The van der Waals surface area contributed by atoms with Crippen LogP contribution in [0.25, 0.3) is 0 Å². The standard InChI is InChI=1S/C19H25N5/c1-23(14-15-7-3-2-4-8-15)19-21-17-9-10-20-13-16(17)18(22-19)24-11-5-6-12-24/h2-4,7-8,20H,5-6,9-14H2,1H3. The Balaban J connectivity index is 1.66. The van der Waals surface area contributed by atoms with Crippen LogP contribution in [0.2, 0.25) is 0 Å². The van der Waals surface area contributed by atoms with Crippen molar-refractivity contribution >= 4 is 11.8 Å². The van der Waals surface area contributed by atoms with Crippen molar-refractivity contribution in [2.24, 2.45) is 0 Å². The van der Waals surface area contributed by atoms with E-state index in [2.05, 4.69) is 52.5 Å². The number of benzene rings is 1. The van der Waals surface area contributed by atoms with Gasteiger partial charge < -0.3 is 15.1 Å². The van der Waals surface area contributed by atoms with Crippen LogP contribution in [-0.4, -0.2) is 36.6 Å². The number of rotatable bonds is 4. The number of nitrogens with zero attached hydrogens (tertiary/aromatic N) is 4. The molecule has 2 aliphatic rings. The lowest BCUT2D eigenvalue weighted by Gasteiger charge is -2.27. The molecule has 126 valence electrons. The van der Waals surface area contributed by atoms with Crippen LogP contribution in [0.15, 0.2) is 30.3 Å². The highest BCUT2D eigenvalue weighted by atomic mass is 15.3. The zero-order valence-corrected chi connectivity index (χ0v) is 14.3. The fraction of sp³-hybridized carbons (Fsp3) is 0.474. The van der Waals surface area contributed by atoms with E-state index < -0.39 is 0 Å². The monoisotopic (exact) mass is 323 g/mol. The van der Waals surface area contributed by atoms with Crippen molar-refractivity contribution in [1.82, 2.24) is 15.3 Å². The predicted octanol–water partition coefficient (Wildman–Crippen LogP) is 2.36. The first kappa shape index (κ1) is 15.4. The zero-order valence-electron chi connectivity index (χ0n) is 14.3. The van der Waals surface area contributed by atoms with Crippen LogP contribution < -0.4 is 15.1 Å². The number of hydrogen-bond donors (Lipinski definition) is 1. The molecule has 0 spiro atoms. The van der Waals surface area contributed by atoms with Gasteiger partial charge in [-0.15, -0.1) is 0 Å². The molecule has 2 aliphatic heterocycles. The highest BCUT2D eigenvalue weighted by Crippen LogP contribution is 2.28. The molecule has 0 atom stereocenters. The molecule has 5 nitrogen and oxygen atoms in total. The van der Waals surface area contributed by atoms with Gasteiger partial charge in [-0.1, -0.05) is 30.3 Å². The lowest BCUT2D eigenvalue weighted by atomic mass is 10.1. The van der Waals surface area contributed by atoms with E-state index in [0.717, 1.165) is 50.9 Å². The topological polar surface area (TPSA) is 44.3 Å².